The maximum atomic E-state index is 13.8. The number of ketones is 1. The summed E-state index contributed by atoms with van der Waals surface area (Å²) in [4.78, 5) is 26.0. The molecule has 2 aromatic rings. The summed E-state index contributed by atoms with van der Waals surface area (Å²) in [6, 6.07) is 12.8. The Morgan fingerprint density at radius 3 is 2.10 bits per heavy atom. The molecule has 0 aromatic heterocycles. The highest BCUT2D eigenvalue weighted by atomic mass is 19.3. The van der Waals surface area contributed by atoms with Gasteiger partial charge in [-0.15, -0.1) is 0 Å². The van der Waals surface area contributed by atoms with Crippen LogP contribution < -0.4 is 14.8 Å². The molecule has 0 bridgehead atoms. The van der Waals surface area contributed by atoms with Gasteiger partial charge in [0, 0.05) is 25.4 Å². The van der Waals surface area contributed by atoms with Crippen molar-refractivity contribution in [3.63, 3.8) is 0 Å². The predicted octanol–water partition coefficient (Wildman–Crippen LogP) is 5.19. The highest BCUT2D eigenvalue weighted by molar-refractivity contribution is 5.99. The van der Waals surface area contributed by atoms with E-state index in [4.69, 9.17) is 9.47 Å². The number of carbonyl (C=O) groups excluding carboxylic acids is 1. The van der Waals surface area contributed by atoms with Crippen LogP contribution in [-0.2, 0) is 11.2 Å². The van der Waals surface area contributed by atoms with Crippen molar-refractivity contribution in [3.8, 4) is 11.5 Å². The number of hydrogen-bond donors (Lipinski definition) is 3. The average molecular weight is 563 g/mol. The first-order valence-electron chi connectivity index (χ1n) is 13.7. The Morgan fingerprint density at radius 1 is 1.05 bits per heavy atom. The molecule has 2 aromatic carbocycles. The van der Waals surface area contributed by atoms with Crippen molar-refractivity contribution >= 4 is 11.8 Å². The molecule has 2 atom stereocenters. The van der Waals surface area contributed by atoms with Gasteiger partial charge in [-0.25, -0.2) is 8.78 Å². The second-order valence-corrected chi connectivity index (χ2v) is 10.3. The van der Waals surface area contributed by atoms with Crippen LogP contribution in [0.25, 0.3) is 0 Å². The number of Topliss-reactive ketones (excluding diaryl/α,β-unsaturated/α-hetero) is 1. The lowest BCUT2D eigenvalue weighted by Crippen LogP contribution is -2.69. The van der Waals surface area contributed by atoms with Crippen molar-refractivity contribution in [2.75, 3.05) is 19.8 Å². The monoisotopic (exact) mass is 562 g/mol. The quantitative estimate of drug-likeness (QED) is 0.146. The maximum Gasteiger partial charge on any atom is 0.324 e. The number of unbranched alkanes of at least 4 members (excludes halogenated alkanes) is 1. The number of halogens is 2. The van der Waals surface area contributed by atoms with E-state index in [2.05, 4.69) is 5.32 Å². The summed E-state index contributed by atoms with van der Waals surface area (Å²) in [5.74, 6) is -4.08. The lowest BCUT2D eigenvalue weighted by atomic mass is 9.73. The molecule has 0 heterocycles. The topological polar surface area (TPSA) is 108 Å². The summed E-state index contributed by atoms with van der Waals surface area (Å²) < 4.78 is 39.1. The summed E-state index contributed by atoms with van der Waals surface area (Å²) in [7, 11) is 0. The van der Waals surface area contributed by atoms with Gasteiger partial charge >= 0.3 is 5.97 Å². The molecule has 1 aliphatic rings. The zero-order chi connectivity index (χ0) is 29.5. The van der Waals surface area contributed by atoms with Crippen LogP contribution in [0.1, 0.15) is 80.9 Å². The minimum Gasteiger partial charge on any atom is -0.493 e. The summed E-state index contributed by atoms with van der Waals surface area (Å²) in [5, 5.41) is 23.6. The van der Waals surface area contributed by atoms with Crippen molar-refractivity contribution in [1.29, 1.82) is 0 Å². The second-order valence-electron chi connectivity index (χ2n) is 10.3. The molecular weight excluding hydrogens is 522 g/mol. The third-order valence-electron chi connectivity index (χ3n) is 7.24. The number of aliphatic carboxylic acids is 1. The molecule has 40 heavy (non-hydrogen) atoms. The van der Waals surface area contributed by atoms with Crippen LogP contribution in [0, 0.1) is 0 Å². The van der Waals surface area contributed by atoms with E-state index in [0.29, 0.717) is 48.8 Å². The number of alkyl halides is 2. The third kappa shape index (κ3) is 7.56. The fourth-order valence-corrected chi connectivity index (χ4v) is 5.20. The van der Waals surface area contributed by atoms with Crippen LogP contribution in [0.2, 0.25) is 0 Å². The van der Waals surface area contributed by atoms with Crippen molar-refractivity contribution in [1.82, 2.24) is 10.2 Å². The van der Waals surface area contributed by atoms with Gasteiger partial charge in [0.05, 0.1) is 13.2 Å². The number of ether oxygens (including phenoxy) is 2. The summed E-state index contributed by atoms with van der Waals surface area (Å²) in [6.45, 7) is 7.81. The van der Waals surface area contributed by atoms with E-state index in [1.807, 2.05) is 37.3 Å². The molecule has 0 aliphatic heterocycles. The van der Waals surface area contributed by atoms with Crippen molar-refractivity contribution in [2.24, 2.45) is 0 Å². The van der Waals surface area contributed by atoms with Crippen LogP contribution in [0.15, 0.2) is 42.5 Å². The number of carbonyl (C=O) groups is 2. The normalized spacial score (nSPS) is 17.1. The maximum absolute atomic E-state index is 13.8. The zero-order valence-corrected chi connectivity index (χ0v) is 23.6. The first-order chi connectivity index (χ1) is 18.9. The Labute approximate surface area is 234 Å². The van der Waals surface area contributed by atoms with Gasteiger partial charge in [0.1, 0.15) is 22.6 Å². The first-order valence-corrected chi connectivity index (χ1v) is 13.7. The van der Waals surface area contributed by atoms with Crippen LogP contribution >= 0.6 is 0 Å². The second kappa shape index (κ2) is 13.5. The molecule has 8 nitrogen and oxygen atoms in total. The van der Waals surface area contributed by atoms with Crippen molar-refractivity contribution < 1.29 is 38.1 Å². The number of aliphatic hydroxyl groups is 1. The summed E-state index contributed by atoms with van der Waals surface area (Å²) in [5.41, 5.74) is 0.208. The molecule has 0 spiro atoms. The molecule has 1 fully saturated rings. The van der Waals surface area contributed by atoms with Gasteiger partial charge < -0.3 is 19.7 Å². The fourth-order valence-electron chi connectivity index (χ4n) is 5.20. The standard InChI is InChI=1S/C30H40F2N2O6/c1-5-39-24-16-23(17-25(40-6-2)26(24)21(4)35)20(3)34(15-11-10-14-22-12-8-7-9-13-22)28(38)33-29(27(36)37)18-30(31,32)19-29/h7-9,12-13,16-17,20,28,33,38H,5-6,10-11,14-15,18-19H2,1-4H3,(H,36,37)/t20-,28?/m0/s1. The Kier molecular flexibility index (Phi) is 10.6. The van der Waals surface area contributed by atoms with Crippen LogP contribution in [-0.4, -0.2) is 64.4 Å². The lowest BCUT2D eigenvalue weighted by Gasteiger charge is -2.47. The smallest absolute Gasteiger partial charge is 0.324 e. The number of carboxylic acids is 1. The van der Waals surface area contributed by atoms with E-state index in [1.165, 1.54) is 12.5 Å². The minimum absolute atomic E-state index is 0.222. The molecule has 0 amide bonds. The molecule has 10 heteroatoms. The van der Waals surface area contributed by atoms with Gasteiger partial charge in [0.2, 0.25) is 0 Å². The number of benzene rings is 2. The van der Waals surface area contributed by atoms with E-state index in [1.54, 1.807) is 30.9 Å². The molecule has 3 rings (SSSR count). The van der Waals surface area contributed by atoms with E-state index < -0.39 is 42.7 Å². The molecule has 1 saturated carbocycles. The van der Waals surface area contributed by atoms with Crippen LogP contribution in [0.3, 0.4) is 0 Å². The highest BCUT2D eigenvalue weighted by Gasteiger charge is 2.62. The molecular formula is C30H40F2N2O6. The van der Waals surface area contributed by atoms with Gasteiger partial charge in [0.15, 0.2) is 12.1 Å². The Bertz CT molecular complexity index is 1130. The molecule has 1 aliphatic carbocycles. The van der Waals surface area contributed by atoms with Gasteiger partial charge in [-0.3, -0.25) is 19.8 Å². The number of nitrogens with zero attached hydrogens (tertiary/aromatic N) is 1. The van der Waals surface area contributed by atoms with Gasteiger partial charge in [-0.1, -0.05) is 30.3 Å². The van der Waals surface area contributed by atoms with E-state index in [-0.39, 0.29) is 5.78 Å². The van der Waals surface area contributed by atoms with E-state index in [9.17, 15) is 28.6 Å². The number of aryl methyl sites for hydroxylation is 1. The molecule has 0 saturated heterocycles. The van der Waals surface area contributed by atoms with Crippen LogP contribution in [0.5, 0.6) is 11.5 Å². The summed E-state index contributed by atoms with van der Waals surface area (Å²) in [6.07, 6.45) is -1.08. The van der Waals surface area contributed by atoms with Gasteiger partial charge in [-0.05, 0) is 70.2 Å². The predicted molar refractivity (Wildman–Crippen MR) is 147 cm³/mol. The minimum atomic E-state index is -3.11. The number of rotatable bonds is 16. The fraction of sp³-hybridized carbons (Fsp3) is 0.533. The van der Waals surface area contributed by atoms with E-state index in [0.717, 1.165) is 12.8 Å². The number of nitrogens with one attached hydrogen (secondary N) is 1. The first kappa shape index (κ1) is 31.4. The molecule has 3 N–H and O–H groups in total. The Balaban J connectivity index is 1.90. The SMILES string of the molecule is CCOc1cc([C@H](C)N(CCCCc2ccccc2)C(O)NC2(C(=O)O)CC(F)(F)C2)cc(OCC)c1C(C)=O. The zero-order valence-electron chi connectivity index (χ0n) is 23.6. The van der Waals surface area contributed by atoms with E-state index >= 15 is 0 Å². The number of aliphatic hydroxyl groups excluding tert-OH is 1. The lowest BCUT2D eigenvalue weighted by molar-refractivity contribution is -0.191. The van der Waals surface area contributed by atoms with Crippen LogP contribution in [0.4, 0.5) is 8.78 Å². The highest BCUT2D eigenvalue weighted by Crippen LogP contribution is 2.46. The number of hydrogen-bond acceptors (Lipinski definition) is 7. The summed E-state index contributed by atoms with van der Waals surface area (Å²) >= 11 is 0. The average Bonchev–Trinajstić information content (AvgIpc) is 2.87. The third-order valence-corrected chi connectivity index (χ3v) is 7.24. The Hall–Kier alpha value is -3.08. The van der Waals surface area contributed by atoms with Crippen molar-refractivity contribution in [3.05, 3.63) is 59.2 Å². The molecule has 220 valence electrons. The van der Waals surface area contributed by atoms with Gasteiger partial charge in [0.25, 0.3) is 5.92 Å². The molecule has 0 radical (unpaired) electrons. The molecule has 1 unspecified atom stereocenters. The number of carboxylic acid groups (broad SMARTS) is 1. The Morgan fingerprint density at radius 2 is 1.62 bits per heavy atom. The largest absolute Gasteiger partial charge is 0.493 e. The van der Waals surface area contributed by atoms with Crippen molar-refractivity contribution in [2.45, 2.75) is 83.7 Å². The van der Waals surface area contributed by atoms with Gasteiger partial charge in [-0.2, -0.15) is 0 Å².